The molecule has 0 aliphatic rings. The first-order chi connectivity index (χ1) is 8.22. The van der Waals surface area contributed by atoms with Crippen LogP contribution in [0.3, 0.4) is 0 Å². The summed E-state index contributed by atoms with van der Waals surface area (Å²) < 4.78 is 1.25. The van der Waals surface area contributed by atoms with Gasteiger partial charge in [-0.1, -0.05) is 6.07 Å². The van der Waals surface area contributed by atoms with Crippen LogP contribution in [0.4, 0.5) is 0 Å². The van der Waals surface area contributed by atoms with Crippen molar-refractivity contribution >= 4 is 21.6 Å². The zero-order valence-corrected chi connectivity index (χ0v) is 10.6. The highest BCUT2D eigenvalue weighted by atomic mass is 32.1. The summed E-state index contributed by atoms with van der Waals surface area (Å²) in [6, 6.07) is 10.6. The van der Waals surface area contributed by atoms with E-state index in [9.17, 15) is 0 Å². The molecule has 0 aliphatic carbocycles. The topological polar surface area (TPSA) is 25.8 Å². The molecule has 1 aromatic carbocycles. The van der Waals surface area contributed by atoms with Crippen LogP contribution < -0.4 is 0 Å². The Morgan fingerprint density at radius 3 is 2.65 bits per heavy atom. The maximum Gasteiger partial charge on any atom is 0.0907 e. The fourth-order valence-corrected chi connectivity index (χ4v) is 2.75. The van der Waals surface area contributed by atoms with Crippen LogP contribution in [0, 0.1) is 13.8 Å². The summed E-state index contributed by atoms with van der Waals surface area (Å²) in [7, 11) is 0. The van der Waals surface area contributed by atoms with Gasteiger partial charge in [0.05, 0.1) is 15.2 Å². The van der Waals surface area contributed by atoms with Gasteiger partial charge in [-0.3, -0.25) is 4.98 Å². The number of fused-ring (bicyclic) bond motifs is 1. The predicted molar refractivity (Wildman–Crippen MR) is 72.3 cm³/mol. The van der Waals surface area contributed by atoms with Crippen molar-refractivity contribution in [1.82, 2.24) is 9.97 Å². The van der Waals surface area contributed by atoms with E-state index in [0.29, 0.717) is 0 Å². The molecule has 0 saturated heterocycles. The monoisotopic (exact) mass is 240 g/mol. The lowest BCUT2D eigenvalue weighted by molar-refractivity contribution is 1.20. The zero-order chi connectivity index (χ0) is 11.8. The van der Waals surface area contributed by atoms with Crippen LogP contribution in [0.1, 0.15) is 10.7 Å². The van der Waals surface area contributed by atoms with Crippen molar-refractivity contribution < 1.29 is 0 Å². The van der Waals surface area contributed by atoms with E-state index in [0.717, 1.165) is 16.2 Å². The minimum absolute atomic E-state index is 1.04. The van der Waals surface area contributed by atoms with E-state index in [4.69, 9.17) is 0 Å². The average molecular weight is 240 g/mol. The third-order valence-electron chi connectivity index (χ3n) is 2.72. The van der Waals surface area contributed by atoms with Crippen LogP contribution in [0.2, 0.25) is 0 Å². The van der Waals surface area contributed by atoms with Gasteiger partial charge >= 0.3 is 0 Å². The van der Waals surface area contributed by atoms with E-state index in [-0.39, 0.29) is 0 Å². The summed E-state index contributed by atoms with van der Waals surface area (Å²) in [6.07, 6.45) is 1.85. The normalized spacial score (nSPS) is 10.9. The zero-order valence-electron chi connectivity index (χ0n) is 9.77. The molecule has 0 atom stereocenters. The molecule has 0 aliphatic heterocycles. The Balaban J connectivity index is 2.17. The van der Waals surface area contributed by atoms with Gasteiger partial charge in [0.2, 0.25) is 0 Å². The van der Waals surface area contributed by atoms with Crippen molar-refractivity contribution in [3.63, 3.8) is 0 Å². The SMILES string of the molecule is Cc1cc(-c2ccc3sc(C)nc3c2)ccn1. The molecule has 84 valence electrons. The van der Waals surface area contributed by atoms with Crippen molar-refractivity contribution in [1.29, 1.82) is 0 Å². The summed E-state index contributed by atoms with van der Waals surface area (Å²) in [5, 5.41) is 1.11. The average Bonchev–Trinajstić information content (AvgIpc) is 2.68. The first-order valence-corrected chi connectivity index (χ1v) is 6.34. The number of pyridine rings is 1. The second-order valence-electron chi connectivity index (χ2n) is 4.10. The lowest BCUT2D eigenvalue weighted by Gasteiger charge is -2.02. The smallest absolute Gasteiger partial charge is 0.0907 e. The van der Waals surface area contributed by atoms with Gasteiger partial charge in [-0.25, -0.2) is 4.98 Å². The van der Waals surface area contributed by atoms with Gasteiger partial charge in [0.1, 0.15) is 0 Å². The lowest BCUT2D eigenvalue weighted by Crippen LogP contribution is -1.82. The molecule has 0 spiro atoms. The van der Waals surface area contributed by atoms with Gasteiger partial charge < -0.3 is 0 Å². The Kier molecular flexibility index (Phi) is 2.41. The number of thiazole rings is 1. The largest absolute Gasteiger partial charge is 0.262 e. The second kappa shape index (κ2) is 3.93. The van der Waals surface area contributed by atoms with E-state index in [1.165, 1.54) is 15.8 Å². The molecule has 3 aromatic rings. The molecule has 2 heterocycles. The fourth-order valence-electron chi connectivity index (χ4n) is 1.95. The Morgan fingerprint density at radius 1 is 1.00 bits per heavy atom. The van der Waals surface area contributed by atoms with E-state index in [2.05, 4.69) is 34.2 Å². The summed E-state index contributed by atoms with van der Waals surface area (Å²) >= 11 is 1.74. The van der Waals surface area contributed by atoms with Gasteiger partial charge in [-0.2, -0.15) is 0 Å². The van der Waals surface area contributed by atoms with Crippen molar-refractivity contribution in [2.45, 2.75) is 13.8 Å². The van der Waals surface area contributed by atoms with Gasteiger partial charge in [0.25, 0.3) is 0 Å². The van der Waals surface area contributed by atoms with E-state index >= 15 is 0 Å². The molecule has 0 unspecified atom stereocenters. The minimum atomic E-state index is 1.04. The third kappa shape index (κ3) is 1.94. The summed E-state index contributed by atoms with van der Waals surface area (Å²) in [4.78, 5) is 8.74. The number of hydrogen-bond acceptors (Lipinski definition) is 3. The molecule has 0 radical (unpaired) electrons. The molecule has 0 N–H and O–H groups in total. The molecular formula is C14H12N2S. The van der Waals surface area contributed by atoms with Crippen LogP contribution in [-0.2, 0) is 0 Å². The molecule has 0 fully saturated rings. The Labute approximate surface area is 104 Å². The second-order valence-corrected chi connectivity index (χ2v) is 5.34. The molecule has 0 bridgehead atoms. The Morgan fingerprint density at radius 2 is 1.82 bits per heavy atom. The fraction of sp³-hybridized carbons (Fsp3) is 0.143. The van der Waals surface area contributed by atoms with E-state index in [1.807, 2.05) is 26.1 Å². The third-order valence-corrected chi connectivity index (χ3v) is 3.68. The van der Waals surface area contributed by atoms with Crippen LogP contribution in [0.15, 0.2) is 36.5 Å². The Bertz CT molecular complexity index is 686. The van der Waals surface area contributed by atoms with Crippen molar-refractivity contribution in [2.24, 2.45) is 0 Å². The summed E-state index contributed by atoms with van der Waals surface area (Å²) in [6.45, 7) is 4.05. The van der Waals surface area contributed by atoms with Crippen LogP contribution in [0.25, 0.3) is 21.3 Å². The number of hydrogen-bond donors (Lipinski definition) is 0. The van der Waals surface area contributed by atoms with Crippen molar-refractivity contribution in [3.8, 4) is 11.1 Å². The molecular weight excluding hydrogens is 228 g/mol. The number of benzene rings is 1. The quantitative estimate of drug-likeness (QED) is 0.643. The molecule has 0 amide bonds. The minimum Gasteiger partial charge on any atom is -0.262 e. The predicted octanol–water partition coefficient (Wildman–Crippen LogP) is 3.98. The van der Waals surface area contributed by atoms with Gasteiger partial charge in [0, 0.05) is 11.9 Å². The molecule has 2 aromatic heterocycles. The number of aromatic nitrogens is 2. The molecule has 3 rings (SSSR count). The first-order valence-electron chi connectivity index (χ1n) is 5.52. The standard InChI is InChI=1S/C14H12N2S/c1-9-7-12(5-6-15-9)11-3-4-14-13(8-11)16-10(2)17-14/h3-8H,1-2H3. The highest BCUT2D eigenvalue weighted by molar-refractivity contribution is 7.18. The molecule has 0 saturated carbocycles. The maximum absolute atomic E-state index is 4.52. The van der Waals surface area contributed by atoms with Crippen LogP contribution in [0.5, 0.6) is 0 Å². The number of nitrogens with zero attached hydrogens (tertiary/aromatic N) is 2. The molecule has 2 nitrogen and oxygen atoms in total. The van der Waals surface area contributed by atoms with Gasteiger partial charge in [-0.05, 0) is 49.2 Å². The van der Waals surface area contributed by atoms with Crippen molar-refractivity contribution in [3.05, 3.63) is 47.2 Å². The van der Waals surface area contributed by atoms with E-state index < -0.39 is 0 Å². The van der Waals surface area contributed by atoms with Crippen LogP contribution in [-0.4, -0.2) is 9.97 Å². The van der Waals surface area contributed by atoms with Gasteiger partial charge in [-0.15, -0.1) is 11.3 Å². The van der Waals surface area contributed by atoms with Crippen molar-refractivity contribution in [2.75, 3.05) is 0 Å². The Hall–Kier alpha value is -1.74. The highest BCUT2D eigenvalue weighted by Gasteiger charge is 2.03. The highest BCUT2D eigenvalue weighted by Crippen LogP contribution is 2.27. The number of aryl methyl sites for hydroxylation is 2. The number of rotatable bonds is 1. The van der Waals surface area contributed by atoms with E-state index in [1.54, 1.807) is 11.3 Å². The maximum atomic E-state index is 4.52. The summed E-state index contributed by atoms with van der Waals surface area (Å²) in [5.41, 5.74) is 4.52. The lowest BCUT2D eigenvalue weighted by atomic mass is 10.1. The van der Waals surface area contributed by atoms with Gasteiger partial charge in [0.15, 0.2) is 0 Å². The first kappa shape index (κ1) is 10.4. The summed E-state index contributed by atoms with van der Waals surface area (Å²) in [5.74, 6) is 0. The molecule has 17 heavy (non-hydrogen) atoms. The van der Waals surface area contributed by atoms with Crippen LogP contribution >= 0.6 is 11.3 Å². The molecule has 3 heteroatoms.